The van der Waals surface area contributed by atoms with Gasteiger partial charge in [0.2, 0.25) is 0 Å². The number of nitrogens with one attached hydrogen (secondary N) is 1. The van der Waals surface area contributed by atoms with Gasteiger partial charge in [-0.2, -0.15) is 0 Å². The van der Waals surface area contributed by atoms with E-state index in [2.05, 4.69) is 38.2 Å². The van der Waals surface area contributed by atoms with Crippen molar-refractivity contribution in [2.24, 2.45) is 5.92 Å². The second kappa shape index (κ2) is 8.79. The molecule has 0 aromatic rings. The topological polar surface area (TPSA) is 12.0 Å². The second-order valence-electron chi connectivity index (χ2n) is 3.21. The SMILES string of the molecule is CCCNCC=CC(CC)CC. The number of allylic oxidation sites excluding steroid dienone is 1. The quantitative estimate of drug-likeness (QED) is 0.456. The number of hydrogen-bond donors (Lipinski definition) is 1. The Morgan fingerprint density at radius 3 is 2.33 bits per heavy atom. The molecular formula is C11H23N. The van der Waals surface area contributed by atoms with Crippen LogP contribution in [0.2, 0.25) is 0 Å². The molecule has 12 heavy (non-hydrogen) atoms. The Labute approximate surface area is 77.2 Å². The molecule has 72 valence electrons. The van der Waals surface area contributed by atoms with Crippen molar-refractivity contribution in [1.29, 1.82) is 0 Å². The van der Waals surface area contributed by atoms with Crippen LogP contribution in [0, 0.1) is 5.92 Å². The zero-order chi connectivity index (χ0) is 9.23. The van der Waals surface area contributed by atoms with Gasteiger partial charge < -0.3 is 5.32 Å². The molecule has 0 aliphatic rings. The van der Waals surface area contributed by atoms with Crippen LogP contribution in [0.3, 0.4) is 0 Å². The molecule has 0 aromatic carbocycles. The van der Waals surface area contributed by atoms with E-state index in [0.717, 1.165) is 19.0 Å². The molecular weight excluding hydrogens is 146 g/mol. The third-order valence-corrected chi connectivity index (χ3v) is 2.15. The Morgan fingerprint density at radius 1 is 1.17 bits per heavy atom. The third kappa shape index (κ3) is 6.41. The third-order valence-electron chi connectivity index (χ3n) is 2.15. The van der Waals surface area contributed by atoms with Crippen LogP contribution in [-0.2, 0) is 0 Å². The maximum atomic E-state index is 3.35. The van der Waals surface area contributed by atoms with Crippen LogP contribution in [0.15, 0.2) is 12.2 Å². The Bertz CT molecular complexity index is 104. The van der Waals surface area contributed by atoms with E-state index in [1.807, 2.05) is 0 Å². The van der Waals surface area contributed by atoms with Crippen LogP contribution in [-0.4, -0.2) is 13.1 Å². The molecule has 0 bridgehead atoms. The Morgan fingerprint density at radius 2 is 1.83 bits per heavy atom. The summed E-state index contributed by atoms with van der Waals surface area (Å²) in [5.41, 5.74) is 0. The van der Waals surface area contributed by atoms with Gasteiger partial charge in [0.15, 0.2) is 0 Å². The lowest BCUT2D eigenvalue weighted by Gasteiger charge is -2.04. The maximum Gasteiger partial charge on any atom is 0.0134 e. The van der Waals surface area contributed by atoms with Gasteiger partial charge in [-0.25, -0.2) is 0 Å². The van der Waals surface area contributed by atoms with Crippen LogP contribution < -0.4 is 5.32 Å². The van der Waals surface area contributed by atoms with E-state index in [9.17, 15) is 0 Å². The van der Waals surface area contributed by atoms with Crippen molar-refractivity contribution in [3.63, 3.8) is 0 Å². The van der Waals surface area contributed by atoms with Crippen molar-refractivity contribution in [1.82, 2.24) is 5.32 Å². The Balaban J connectivity index is 3.32. The highest BCUT2D eigenvalue weighted by molar-refractivity contribution is 4.88. The van der Waals surface area contributed by atoms with Gasteiger partial charge in [-0.15, -0.1) is 0 Å². The molecule has 0 atom stereocenters. The highest BCUT2D eigenvalue weighted by atomic mass is 14.8. The van der Waals surface area contributed by atoms with Crippen LogP contribution in [0.5, 0.6) is 0 Å². The Kier molecular flexibility index (Phi) is 8.57. The summed E-state index contributed by atoms with van der Waals surface area (Å²) in [6.07, 6.45) is 8.34. The van der Waals surface area contributed by atoms with E-state index in [1.165, 1.54) is 19.3 Å². The first-order valence-electron chi connectivity index (χ1n) is 5.22. The van der Waals surface area contributed by atoms with Crippen molar-refractivity contribution in [3.8, 4) is 0 Å². The zero-order valence-corrected chi connectivity index (χ0v) is 8.77. The Hall–Kier alpha value is -0.300. The van der Waals surface area contributed by atoms with Crippen molar-refractivity contribution in [2.45, 2.75) is 40.0 Å². The van der Waals surface area contributed by atoms with Gasteiger partial charge in [0.1, 0.15) is 0 Å². The van der Waals surface area contributed by atoms with Crippen LogP contribution >= 0.6 is 0 Å². The molecule has 1 N–H and O–H groups in total. The first-order chi connectivity index (χ1) is 5.85. The van der Waals surface area contributed by atoms with Gasteiger partial charge in [0.25, 0.3) is 0 Å². The fourth-order valence-electron chi connectivity index (χ4n) is 1.18. The van der Waals surface area contributed by atoms with E-state index in [4.69, 9.17) is 0 Å². The van der Waals surface area contributed by atoms with Gasteiger partial charge in [-0.1, -0.05) is 32.9 Å². The molecule has 0 radical (unpaired) electrons. The van der Waals surface area contributed by atoms with Gasteiger partial charge in [0, 0.05) is 6.54 Å². The lowest BCUT2D eigenvalue weighted by Crippen LogP contribution is -2.14. The standard InChI is InChI=1S/C11H23N/c1-4-9-12-10-7-8-11(5-2)6-3/h7-8,11-12H,4-6,9-10H2,1-3H3. The molecule has 0 aliphatic heterocycles. The summed E-state index contributed by atoms with van der Waals surface area (Å²) < 4.78 is 0. The average molecular weight is 169 g/mol. The number of rotatable bonds is 7. The summed E-state index contributed by atoms with van der Waals surface area (Å²) in [6, 6.07) is 0. The molecule has 0 aliphatic carbocycles. The minimum atomic E-state index is 0.786. The molecule has 0 rings (SSSR count). The summed E-state index contributed by atoms with van der Waals surface area (Å²) in [6.45, 7) is 8.85. The van der Waals surface area contributed by atoms with Crippen LogP contribution in [0.4, 0.5) is 0 Å². The molecule has 0 heterocycles. The number of hydrogen-bond acceptors (Lipinski definition) is 1. The van der Waals surface area contributed by atoms with Gasteiger partial charge in [0.05, 0.1) is 0 Å². The first-order valence-corrected chi connectivity index (χ1v) is 5.22. The first kappa shape index (κ1) is 11.7. The zero-order valence-electron chi connectivity index (χ0n) is 8.77. The van der Waals surface area contributed by atoms with E-state index >= 15 is 0 Å². The fourth-order valence-corrected chi connectivity index (χ4v) is 1.18. The highest BCUT2D eigenvalue weighted by Crippen LogP contribution is 2.07. The monoisotopic (exact) mass is 169 g/mol. The summed E-state index contributed by atoms with van der Waals surface area (Å²) in [4.78, 5) is 0. The van der Waals surface area contributed by atoms with E-state index < -0.39 is 0 Å². The fraction of sp³-hybridized carbons (Fsp3) is 0.818. The molecule has 0 saturated heterocycles. The largest absolute Gasteiger partial charge is 0.313 e. The average Bonchev–Trinajstić information content (AvgIpc) is 2.11. The molecule has 0 aromatic heterocycles. The minimum absolute atomic E-state index is 0.786. The summed E-state index contributed by atoms with van der Waals surface area (Å²) >= 11 is 0. The van der Waals surface area contributed by atoms with Gasteiger partial charge >= 0.3 is 0 Å². The molecule has 0 unspecified atom stereocenters. The smallest absolute Gasteiger partial charge is 0.0134 e. The van der Waals surface area contributed by atoms with Gasteiger partial charge in [-0.05, 0) is 31.7 Å². The lowest BCUT2D eigenvalue weighted by atomic mass is 10.0. The maximum absolute atomic E-state index is 3.35. The predicted octanol–water partition coefficient (Wildman–Crippen LogP) is 2.98. The predicted molar refractivity (Wildman–Crippen MR) is 56.4 cm³/mol. The van der Waals surface area contributed by atoms with E-state index in [0.29, 0.717) is 0 Å². The van der Waals surface area contributed by atoms with E-state index in [1.54, 1.807) is 0 Å². The highest BCUT2D eigenvalue weighted by Gasteiger charge is 1.94. The molecule has 0 amide bonds. The summed E-state index contributed by atoms with van der Waals surface area (Å²) in [7, 11) is 0. The molecule has 0 spiro atoms. The van der Waals surface area contributed by atoms with Crippen molar-refractivity contribution in [3.05, 3.63) is 12.2 Å². The van der Waals surface area contributed by atoms with Crippen LogP contribution in [0.25, 0.3) is 0 Å². The van der Waals surface area contributed by atoms with E-state index in [-0.39, 0.29) is 0 Å². The van der Waals surface area contributed by atoms with Crippen molar-refractivity contribution >= 4 is 0 Å². The normalized spacial score (nSPS) is 11.7. The van der Waals surface area contributed by atoms with Gasteiger partial charge in [-0.3, -0.25) is 0 Å². The molecule has 1 nitrogen and oxygen atoms in total. The molecule has 0 fully saturated rings. The van der Waals surface area contributed by atoms with Crippen molar-refractivity contribution in [2.75, 3.05) is 13.1 Å². The molecule has 1 heteroatoms. The lowest BCUT2D eigenvalue weighted by molar-refractivity contribution is 0.603. The second-order valence-corrected chi connectivity index (χ2v) is 3.21. The summed E-state index contributed by atoms with van der Waals surface area (Å²) in [5.74, 6) is 0.786. The molecule has 0 saturated carbocycles. The summed E-state index contributed by atoms with van der Waals surface area (Å²) in [5, 5.41) is 3.35. The van der Waals surface area contributed by atoms with Crippen molar-refractivity contribution < 1.29 is 0 Å². The minimum Gasteiger partial charge on any atom is -0.313 e. The van der Waals surface area contributed by atoms with Crippen LogP contribution in [0.1, 0.15) is 40.0 Å².